The van der Waals surface area contributed by atoms with Gasteiger partial charge in [-0.3, -0.25) is 9.78 Å². The second-order valence-corrected chi connectivity index (χ2v) is 6.81. The first-order valence-electron chi connectivity index (χ1n) is 9.24. The summed E-state index contributed by atoms with van der Waals surface area (Å²) in [6.07, 6.45) is 5.57. The van der Waals surface area contributed by atoms with Crippen LogP contribution in [0.1, 0.15) is 43.5 Å². The summed E-state index contributed by atoms with van der Waals surface area (Å²) in [5.74, 6) is 0.557. The van der Waals surface area contributed by atoms with Crippen LogP contribution < -0.4 is 9.47 Å². The second-order valence-electron chi connectivity index (χ2n) is 6.81. The molecule has 1 unspecified atom stereocenters. The van der Waals surface area contributed by atoms with Crippen LogP contribution in [0.3, 0.4) is 0 Å². The number of piperidine rings is 1. The first-order valence-corrected chi connectivity index (χ1v) is 9.24. The van der Waals surface area contributed by atoms with Gasteiger partial charge in [-0.15, -0.1) is 0 Å². The van der Waals surface area contributed by atoms with Crippen LogP contribution in [0.5, 0.6) is 11.5 Å². The maximum absolute atomic E-state index is 12.8. The van der Waals surface area contributed by atoms with Crippen LogP contribution in [-0.4, -0.2) is 40.5 Å². The van der Waals surface area contributed by atoms with Crippen molar-refractivity contribution >= 4 is 11.9 Å². The van der Waals surface area contributed by atoms with Crippen molar-refractivity contribution in [2.75, 3.05) is 6.54 Å². The number of hydrogen-bond donors (Lipinski definition) is 0. The molecule has 1 fully saturated rings. The van der Waals surface area contributed by atoms with Gasteiger partial charge < -0.3 is 14.4 Å². The zero-order chi connectivity index (χ0) is 19.2. The van der Waals surface area contributed by atoms with Gasteiger partial charge in [0.25, 0.3) is 5.91 Å². The van der Waals surface area contributed by atoms with Gasteiger partial charge in [0.05, 0.1) is 11.7 Å². The minimum Gasteiger partial charge on any atom is -0.491 e. The van der Waals surface area contributed by atoms with Crippen molar-refractivity contribution < 1.29 is 19.1 Å². The first-order chi connectivity index (χ1) is 13.0. The number of ether oxygens (including phenoxy) is 2. The molecule has 1 atom stereocenters. The van der Waals surface area contributed by atoms with Crippen LogP contribution in [0, 0.1) is 0 Å². The maximum Gasteiger partial charge on any atom is 0.334 e. The van der Waals surface area contributed by atoms with E-state index in [0.717, 1.165) is 18.6 Å². The predicted molar refractivity (Wildman–Crippen MR) is 101 cm³/mol. The Bertz CT molecular complexity index is 775. The Kier molecular flexibility index (Phi) is 6.06. The van der Waals surface area contributed by atoms with Crippen molar-refractivity contribution in [2.24, 2.45) is 0 Å². The molecule has 1 amide bonds. The van der Waals surface area contributed by atoms with Crippen LogP contribution >= 0.6 is 0 Å². The molecule has 2 aromatic rings. The summed E-state index contributed by atoms with van der Waals surface area (Å²) in [4.78, 5) is 31.1. The quantitative estimate of drug-likeness (QED) is 0.597. The van der Waals surface area contributed by atoms with Crippen molar-refractivity contribution in [3.05, 3.63) is 54.4 Å². The van der Waals surface area contributed by atoms with E-state index in [1.54, 1.807) is 47.5 Å². The largest absolute Gasteiger partial charge is 0.491 e. The summed E-state index contributed by atoms with van der Waals surface area (Å²) in [5, 5.41) is 0. The lowest BCUT2D eigenvalue weighted by Gasteiger charge is -2.34. The molecular weight excluding hydrogens is 344 g/mol. The Morgan fingerprint density at radius 3 is 2.52 bits per heavy atom. The van der Waals surface area contributed by atoms with Gasteiger partial charge in [-0.2, -0.15) is 0 Å². The van der Waals surface area contributed by atoms with E-state index in [0.29, 0.717) is 24.3 Å². The summed E-state index contributed by atoms with van der Waals surface area (Å²) < 4.78 is 11.1. The number of amides is 1. The molecule has 0 N–H and O–H groups in total. The van der Waals surface area contributed by atoms with E-state index in [1.165, 1.54) is 6.20 Å². The van der Waals surface area contributed by atoms with Gasteiger partial charge in [-0.1, -0.05) is 0 Å². The fraction of sp³-hybridized carbons (Fsp3) is 0.381. The molecule has 6 nitrogen and oxygen atoms in total. The van der Waals surface area contributed by atoms with E-state index in [9.17, 15) is 9.59 Å². The van der Waals surface area contributed by atoms with E-state index >= 15 is 0 Å². The van der Waals surface area contributed by atoms with Gasteiger partial charge in [0.1, 0.15) is 17.5 Å². The van der Waals surface area contributed by atoms with Gasteiger partial charge in [0.2, 0.25) is 0 Å². The average Bonchev–Trinajstić information content (AvgIpc) is 2.69. The van der Waals surface area contributed by atoms with E-state index in [1.807, 2.05) is 13.8 Å². The van der Waals surface area contributed by atoms with Crippen LogP contribution in [0.2, 0.25) is 0 Å². The van der Waals surface area contributed by atoms with E-state index < -0.39 is 12.0 Å². The number of pyridine rings is 1. The number of benzene rings is 1. The Labute approximate surface area is 159 Å². The van der Waals surface area contributed by atoms with Gasteiger partial charge in [-0.05, 0) is 69.5 Å². The highest BCUT2D eigenvalue weighted by atomic mass is 16.5. The zero-order valence-corrected chi connectivity index (χ0v) is 15.6. The number of carbonyl (C=O) groups is 2. The number of rotatable bonds is 5. The number of aromatic nitrogens is 1. The highest BCUT2D eigenvalue weighted by Gasteiger charge is 2.34. The average molecular weight is 368 g/mol. The molecule has 142 valence electrons. The molecule has 0 saturated carbocycles. The minimum absolute atomic E-state index is 0.0766. The number of likely N-dealkylation sites (tertiary alicyclic amines) is 1. The van der Waals surface area contributed by atoms with Crippen molar-refractivity contribution in [3.63, 3.8) is 0 Å². The molecule has 1 aromatic heterocycles. The van der Waals surface area contributed by atoms with Gasteiger partial charge in [0.15, 0.2) is 0 Å². The van der Waals surface area contributed by atoms with Gasteiger partial charge in [-0.25, -0.2) is 4.79 Å². The molecule has 6 heteroatoms. The third-order valence-electron chi connectivity index (χ3n) is 4.36. The Morgan fingerprint density at radius 2 is 1.85 bits per heavy atom. The van der Waals surface area contributed by atoms with Crippen LogP contribution in [0.4, 0.5) is 0 Å². The van der Waals surface area contributed by atoms with Gasteiger partial charge >= 0.3 is 5.97 Å². The second kappa shape index (κ2) is 8.66. The smallest absolute Gasteiger partial charge is 0.334 e. The number of carbonyl (C=O) groups excluding carboxylic acids is 2. The number of hydrogen-bond acceptors (Lipinski definition) is 5. The third kappa shape index (κ3) is 4.84. The summed E-state index contributed by atoms with van der Waals surface area (Å²) >= 11 is 0. The molecule has 0 spiro atoms. The molecule has 1 aromatic carbocycles. The standard InChI is InChI=1S/C21H24N2O4/c1-15(2)26-17-8-10-18(11-9-17)27-21(25)19-7-3-4-13-23(19)20(24)16-6-5-12-22-14-16/h5-6,8-12,14-15,19H,3-4,7,13H2,1-2H3. The molecule has 27 heavy (non-hydrogen) atoms. The highest BCUT2D eigenvalue weighted by Crippen LogP contribution is 2.23. The molecule has 1 aliphatic rings. The topological polar surface area (TPSA) is 68.7 Å². The van der Waals surface area contributed by atoms with Crippen molar-refractivity contribution in [2.45, 2.75) is 45.3 Å². The SMILES string of the molecule is CC(C)Oc1ccc(OC(=O)C2CCCCN2C(=O)c2cccnc2)cc1. The lowest BCUT2D eigenvalue weighted by Crippen LogP contribution is -2.49. The zero-order valence-electron chi connectivity index (χ0n) is 15.6. The van der Waals surface area contributed by atoms with E-state index in [4.69, 9.17) is 9.47 Å². The predicted octanol–water partition coefficient (Wildman–Crippen LogP) is 3.47. The lowest BCUT2D eigenvalue weighted by atomic mass is 10.0. The first kappa shape index (κ1) is 18.9. The fourth-order valence-electron chi connectivity index (χ4n) is 3.12. The van der Waals surface area contributed by atoms with Crippen molar-refractivity contribution in [1.29, 1.82) is 0 Å². The highest BCUT2D eigenvalue weighted by molar-refractivity contribution is 5.96. The van der Waals surface area contributed by atoms with Crippen LogP contribution in [0.25, 0.3) is 0 Å². The monoisotopic (exact) mass is 368 g/mol. The fourth-order valence-corrected chi connectivity index (χ4v) is 3.12. The molecule has 0 radical (unpaired) electrons. The molecule has 1 aliphatic heterocycles. The molecule has 0 aliphatic carbocycles. The Balaban J connectivity index is 1.69. The summed E-state index contributed by atoms with van der Waals surface area (Å²) in [5.41, 5.74) is 0.479. The van der Waals surface area contributed by atoms with E-state index in [-0.39, 0.29) is 12.0 Å². The third-order valence-corrected chi connectivity index (χ3v) is 4.36. The summed E-state index contributed by atoms with van der Waals surface area (Å²) in [6, 6.07) is 9.77. The minimum atomic E-state index is -0.585. The number of nitrogens with zero attached hydrogens (tertiary/aromatic N) is 2. The Morgan fingerprint density at radius 1 is 1.11 bits per heavy atom. The molecule has 0 bridgehead atoms. The summed E-state index contributed by atoms with van der Waals surface area (Å²) in [7, 11) is 0. The Hall–Kier alpha value is -2.89. The van der Waals surface area contributed by atoms with Crippen molar-refractivity contribution in [1.82, 2.24) is 9.88 Å². The van der Waals surface area contributed by atoms with E-state index in [2.05, 4.69) is 4.98 Å². The number of esters is 1. The molecule has 3 rings (SSSR count). The molecular formula is C21H24N2O4. The molecule has 1 saturated heterocycles. The summed E-state index contributed by atoms with van der Waals surface area (Å²) in [6.45, 7) is 4.43. The molecule has 2 heterocycles. The lowest BCUT2D eigenvalue weighted by molar-refractivity contribution is -0.140. The van der Waals surface area contributed by atoms with Crippen molar-refractivity contribution in [3.8, 4) is 11.5 Å². The van der Waals surface area contributed by atoms with Crippen LogP contribution in [-0.2, 0) is 4.79 Å². The van der Waals surface area contributed by atoms with Gasteiger partial charge in [0, 0.05) is 18.9 Å². The van der Waals surface area contributed by atoms with Crippen LogP contribution in [0.15, 0.2) is 48.8 Å². The maximum atomic E-state index is 12.8. The normalized spacial score (nSPS) is 16.9.